The summed E-state index contributed by atoms with van der Waals surface area (Å²) >= 11 is 6.89. The van der Waals surface area contributed by atoms with E-state index in [2.05, 4.69) is 10.6 Å². The van der Waals surface area contributed by atoms with Crippen molar-refractivity contribution in [3.05, 3.63) is 56.4 Å². The lowest BCUT2D eigenvalue weighted by Gasteiger charge is -2.06. The van der Waals surface area contributed by atoms with Gasteiger partial charge >= 0.3 is 5.00 Å². The van der Waals surface area contributed by atoms with Crippen molar-refractivity contribution in [3.63, 3.8) is 0 Å². The summed E-state index contributed by atoms with van der Waals surface area (Å²) in [4.78, 5) is 21.9. The van der Waals surface area contributed by atoms with E-state index >= 15 is 0 Å². The molecule has 2 rings (SSSR count). The summed E-state index contributed by atoms with van der Waals surface area (Å²) < 4.78 is 0. The number of hydrogen-bond donors (Lipinski definition) is 2. The van der Waals surface area contributed by atoms with Crippen LogP contribution in [0, 0.1) is 10.1 Å². The minimum Gasteiger partial charge on any atom is -0.326 e. The molecule has 0 saturated heterocycles. The molecule has 0 spiro atoms. The largest absolute Gasteiger partial charge is 0.326 e. The third-order valence-electron chi connectivity index (χ3n) is 3.03. The Labute approximate surface area is 142 Å². The average Bonchev–Trinajstić information content (AvgIpc) is 2.98. The summed E-state index contributed by atoms with van der Waals surface area (Å²) in [5, 5.41) is 19.1. The van der Waals surface area contributed by atoms with Crippen molar-refractivity contribution < 1.29 is 9.72 Å². The molecule has 0 aliphatic rings. The number of carbonyl (C=O) groups excluding carboxylic acids is 1. The van der Waals surface area contributed by atoms with Crippen molar-refractivity contribution in [2.45, 2.75) is 19.4 Å². The summed E-state index contributed by atoms with van der Waals surface area (Å²) in [6.45, 7) is 1.22. The van der Waals surface area contributed by atoms with E-state index in [0.29, 0.717) is 31.0 Å². The smallest absolute Gasteiger partial charge is 0.324 e. The summed E-state index contributed by atoms with van der Waals surface area (Å²) in [7, 11) is 0. The molecular formula is C15H16ClN3O3S. The summed E-state index contributed by atoms with van der Waals surface area (Å²) in [6, 6.07) is 8.51. The number of nitro groups is 1. The molecule has 0 unspecified atom stereocenters. The van der Waals surface area contributed by atoms with Crippen molar-refractivity contribution in [2.75, 3.05) is 11.9 Å². The molecule has 2 N–H and O–H groups in total. The number of amides is 1. The van der Waals surface area contributed by atoms with Gasteiger partial charge in [-0.15, -0.1) is 0 Å². The number of thiophene rings is 1. The second-order valence-corrected chi connectivity index (χ2v) is 6.21. The molecule has 0 radical (unpaired) electrons. The highest BCUT2D eigenvalue weighted by Crippen LogP contribution is 2.22. The molecule has 1 amide bonds. The highest BCUT2D eigenvalue weighted by molar-refractivity contribution is 7.13. The lowest BCUT2D eigenvalue weighted by atomic mass is 10.2. The Morgan fingerprint density at radius 2 is 2.04 bits per heavy atom. The second-order valence-electron chi connectivity index (χ2n) is 4.89. The molecular weight excluding hydrogens is 338 g/mol. The highest BCUT2D eigenvalue weighted by atomic mass is 35.5. The topological polar surface area (TPSA) is 84.3 Å². The van der Waals surface area contributed by atoms with E-state index in [0.717, 1.165) is 22.6 Å². The molecule has 0 fully saturated rings. The van der Waals surface area contributed by atoms with Crippen LogP contribution in [0.1, 0.15) is 18.4 Å². The molecule has 2 aromatic rings. The van der Waals surface area contributed by atoms with Crippen LogP contribution in [0.4, 0.5) is 10.7 Å². The Kier molecular flexibility index (Phi) is 6.52. The number of nitrogens with one attached hydrogen (secondary N) is 2. The maximum absolute atomic E-state index is 11.8. The van der Waals surface area contributed by atoms with Gasteiger partial charge in [-0.3, -0.25) is 14.9 Å². The molecule has 23 heavy (non-hydrogen) atoms. The van der Waals surface area contributed by atoms with Crippen molar-refractivity contribution in [1.82, 2.24) is 5.32 Å². The van der Waals surface area contributed by atoms with Gasteiger partial charge in [-0.1, -0.05) is 22.9 Å². The Hall–Kier alpha value is -1.96. The van der Waals surface area contributed by atoms with E-state index in [1.807, 2.05) is 0 Å². The summed E-state index contributed by atoms with van der Waals surface area (Å²) in [5.41, 5.74) is 1.60. The van der Waals surface area contributed by atoms with E-state index in [1.165, 1.54) is 0 Å². The lowest BCUT2D eigenvalue weighted by molar-refractivity contribution is -0.380. The van der Waals surface area contributed by atoms with E-state index in [4.69, 9.17) is 11.6 Å². The number of nitrogens with zero attached hydrogens (tertiary/aromatic N) is 1. The SMILES string of the molecule is O=C(CCCNCc1csc([N+](=O)[O-])c1)Nc1ccc(Cl)cc1. The fourth-order valence-electron chi connectivity index (χ4n) is 1.91. The second kappa shape index (κ2) is 8.61. The minimum absolute atomic E-state index is 0.0553. The first-order valence-electron chi connectivity index (χ1n) is 7.02. The first kappa shape index (κ1) is 17.4. The first-order valence-corrected chi connectivity index (χ1v) is 8.28. The van der Waals surface area contributed by atoms with E-state index in [1.54, 1.807) is 35.7 Å². The Morgan fingerprint density at radius 1 is 1.30 bits per heavy atom. The number of halogens is 1. The summed E-state index contributed by atoms with van der Waals surface area (Å²) in [5.74, 6) is -0.0553. The third-order valence-corrected chi connectivity index (χ3v) is 4.22. The van der Waals surface area contributed by atoms with Crippen LogP contribution in [0.2, 0.25) is 5.02 Å². The number of carbonyl (C=O) groups is 1. The standard InChI is InChI=1S/C15H16ClN3O3S/c16-12-3-5-13(6-4-12)18-14(20)2-1-7-17-9-11-8-15(19(21)22)23-10-11/h3-6,8,10,17H,1-2,7,9H2,(H,18,20). The van der Waals surface area contributed by atoms with Crippen LogP contribution in [0.5, 0.6) is 0 Å². The Balaban J connectivity index is 1.62. The molecule has 0 aliphatic heterocycles. The molecule has 1 aromatic heterocycles. The summed E-state index contributed by atoms with van der Waals surface area (Å²) in [6.07, 6.45) is 1.09. The molecule has 0 bridgehead atoms. The van der Waals surface area contributed by atoms with Gasteiger partial charge in [-0.2, -0.15) is 0 Å². The molecule has 8 heteroatoms. The van der Waals surface area contributed by atoms with Gasteiger partial charge in [-0.25, -0.2) is 0 Å². The zero-order valence-corrected chi connectivity index (χ0v) is 13.8. The van der Waals surface area contributed by atoms with Gasteiger partial charge in [0.2, 0.25) is 5.91 Å². The van der Waals surface area contributed by atoms with Crippen LogP contribution in [0.15, 0.2) is 35.7 Å². The maximum Gasteiger partial charge on any atom is 0.324 e. The van der Waals surface area contributed by atoms with Gasteiger partial charge in [0.15, 0.2) is 0 Å². The Bertz CT molecular complexity index is 673. The van der Waals surface area contributed by atoms with Crippen LogP contribution >= 0.6 is 22.9 Å². The van der Waals surface area contributed by atoms with E-state index in [9.17, 15) is 14.9 Å². The fraction of sp³-hybridized carbons (Fsp3) is 0.267. The number of anilines is 1. The molecule has 0 atom stereocenters. The lowest BCUT2D eigenvalue weighted by Crippen LogP contribution is -2.17. The minimum atomic E-state index is -0.394. The van der Waals surface area contributed by atoms with Gasteiger partial charge in [0.05, 0.1) is 4.92 Å². The number of rotatable bonds is 8. The molecule has 1 aromatic carbocycles. The van der Waals surface area contributed by atoms with Crippen molar-refractivity contribution in [3.8, 4) is 0 Å². The molecule has 6 nitrogen and oxygen atoms in total. The zero-order valence-electron chi connectivity index (χ0n) is 12.3. The van der Waals surface area contributed by atoms with Gasteiger partial charge in [0.25, 0.3) is 0 Å². The Morgan fingerprint density at radius 3 is 2.70 bits per heavy atom. The molecule has 1 heterocycles. The number of benzene rings is 1. The quantitative estimate of drug-likeness (QED) is 0.429. The van der Waals surface area contributed by atoms with Crippen LogP contribution in [0.25, 0.3) is 0 Å². The van der Waals surface area contributed by atoms with Crippen LogP contribution in [0.3, 0.4) is 0 Å². The van der Waals surface area contributed by atoms with E-state index in [-0.39, 0.29) is 10.9 Å². The predicted octanol–water partition coefficient (Wildman–Crippen LogP) is 3.82. The maximum atomic E-state index is 11.8. The van der Waals surface area contributed by atoms with Crippen LogP contribution in [-0.2, 0) is 11.3 Å². The normalized spacial score (nSPS) is 10.5. The molecule has 0 saturated carbocycles. The zero-order chi connectivity index (χ0) is 16.7. The van der Waals surface area contributed by atoms with Crippen LogP contribution < -0.4 is 10.6 Å². The molecule has 0 aliphatic carbocycles. The van der Waals surface area contributed by atoms with Crippen molar-refractivity contribution >= 4 is 39.5 Å². The fourth-order valence-corrected chi connectivity index (χ4v) is 2.77. The first-order chi connectivity index (χ1) is 11.0. The van der Waals surface area contributed by atoms with E-state index < -0.39 is 4.92 Å². The van der Waals surface area contributed by atoms with Gasteiger partial charge in [0.1, 0.15) is 0 Å². The van der Waals surface area contributed by atoms with Gasteiger partial charge in [0, 0.05) is 35.1 Å². The monoisotopic (exact) mass is 353 g/mol. The third kappa shape index (κ3) is 5.97. The van der Waals surface area contributed by atoms with Crippen molar-refractivity contribution in [2.24, 2.45) is 0 Å². The predicted molar refractivity (Wildman–Crippen MR) is 92.0 cm³/mol. The average molecular weight is 354 g/mol. The van der Waals surface area contributed by atoms with Gasteiger partial charge < -0.3 is 10.6 Å². The van der Waals surface area contributed by atoms with Crippen LogP contribution in [-0.4, -0.2) is 17.4 Å². The molecule has 122 valence electrons. The number of hydrogen-bond acceptors (Lipinski definition) is 5. The van der Waals surface area contributed by atoms with Gasteiger partial charge in [-0.05, 0) is 42.8 Å². The van der Waals surface area contributed by atoms with Crippen molar-refractivity contribution in [1.29, 1.82) is 0 Å². The highest BCUT2D eigenvalue weighted by Gasteiger charge is 2.09.